The number of anilines is 1. The molecular weight excluding hydrogens is 422 g/mol. The Morgan fingerprint density at radius 1 is 1.13 bits per heavy atom. The highest BCUT2D eigenvalue weighted by molar-refractivity contribution is 9.10. The van der Waals surface area contributed by atoms with Crippen molar-refractivity contribution in [2.45, 2.75) is 33.4 Å². The molecule has 124 valence electrons. The number of rotatable bonds is 6. The molecule has 5 heteroatoms. The molecule has 0 fully saturated rings. The van der Waals surface area contributed by atoms with E-state index in [0.717, 1.165) is 31.7 Å². The van der Waals surface area contributed by atoms with Crippen LogP contribution >= 0.6 is 31.9 Å². The van der Waals surface area contributed by atoms with Crippen LogP contribution in [0, 0.1) is 6.92 Å². The number of hydrogen-bond acceptors (Lipinski definition) is 3. The summed E-state index contributed by atoms with van der Waals surface area (Å²) in [4.78, 5) is 0. The molecule has 0 unspecified atom stereocenters. The van der Waals surface area contributed by atoms with Crippen LogP contribution < -0.4 is 14.8 Å². The molecule has 23 heavy (non-hydrogen) atoms. The van der Waals surface area contributed by atoms with Crippen LogP contribution in [0.2, 0.25) is 0 Å². The van der Waals surface area contributed by atoms with E-state index in [0.29, 0.717) is 6.54 Å². The molecule has 2 aromatic rings. The normalized spacial score (nSPS) is 10.7. The summed E-state index contributed by atoms with van der Waals surface area (Å²) < 4.78 is 13.3. The zero-order valence-corrected chi connectivity index (χ0v) is 16.9. The van der Waals surface area contributed by atoms with Crippen LogP contribution in [0.15, 0.2) is 39.3 Å². The van der Waals surface area contributed by atoms with Gasteiger partial charge in [-0.1, -0.05) is 15.9 Å². The summed E-state index contributed by atoms with van der Waals surface area (Å²) in [7, 11) is 1.66. The van der Waals surface area contributed by atoms with Crippen LogP contribution in [-0.2, 0) is 6.54 Å². The number of benzene rings is 2. The molecule has 0 aliphatic rings. The van der Waals surface area contributed by atoms with Crippen molar-refractivity contribution < 1.29 is 9.47 Å². The molecule has 0 saturated carbocycles. The van der Waals surface area contributed by atoms with Crippen molar-refractivity contribution in [2.24, 2.45) is 0 Å². The van der Waals surface area contributed by atoms with Crippen LogP contribution in [0.1, 0.15) is 25.0 Å². The third-order valence-electron chi connectivity index (χ3n) is 3.31. The lowest BCUT2D eigenvalue weighted by molar-refractivity contribution is 0.228. The van der Waals surface area contributed by atoms with Gasteiger partial charge in [-0.3, -0.25) is 0 Å². The lowest BCUT2D eigenvalue weighted by Crippen LogP contribution is -2.08. The molecular formula is C18H21Br2NO2. The summed E-state index contributed by atoms with van der Waals surface area (Å²) in [6.45, 7) is 6.79. The van der Waals surface area contributed by atoms with E-state index in [9.17, 15) is 0 Å². The molecule has 0 atom stereocenters. The Labute approximate surface area is 154 Å². The fourth-order valence-corrected chi connectivity index (χ4v) is 3.31. The Hall–Kier alpha value is -1.20. The van der Waals surface area contributed by atoms with Gasteiger partial charge >= 0.3 is 0 Å². The van der Waals surface area contributed by atoms with Gasteiger partial charge in [-0.2, -0.15) is 0 Å². The van der Waals surface area contributed by atoms with Crippen molar-refractivity contribution in [3.8, 4) is 11.5 Å². The third kappa shape index (κ3) is 4.88. The first-order chi connectivity index (χ1) is 10.9. The van der Waals surface area contributed by atoms with Crippen molar-refractivity contribution in [2.75, 3.05) is 12.4 Å². The third-order valence-corrected chi connectivity index (χ3v) is 4.40. The van der Waals surface area contributed by atoms with Gasteiger partial charge in [0.15, 0.2) is 11.5 Å². The van der Waals surface area contributed by atoms with Gasteiger partial charge in [0.1, 0.15) is 0 Å². The summed E-state index contributed by atoms with van der Waals surface area (Å²) in [6, 6.07) is 10.3. The van der Waals surface area contributed by atoms with Crippen LogP contribution in [0.5, 0.6) is 11.5 Å². The summed E-state index contributed by atoms with van der Waals surface area (Å²) in [5.41, 5.74) is 3.43. The average molecular weight is 443 g/mol. The standard InChI is InChI=1S/C18H21Br2NO2/c1-11(2)23-18-15(20)8-13(9-17(18)22-4)10-21-16-6-5-14(19)7-12(16)3/h5-9,11,21H,10H2,1-4H3. The molecule has 2 rings (SSSR count). The first kappa shape index (κ1) is 18.1. The lowest BCUT2D eigenvalue weighted by atomic mass is 10.1. The van der Waals surface area contributed by atoms with Crippen molar-refractivity contribution in [3.05, 3.63) is 50.4 Å². The number of nitrogens with one attached hydrogen (secondary N) is 1. The largest absolute Gasteiger partial charge is 0.493 e. The van der Waals surface area contributed by atoms with Crippen LogP contribution in [0.3, 0.4) is 0 Å². The van der Waals surface area contributed by atoms with Crippen LogP contribution in [-0.4, -0.2) is 13.2 Å². The smallest absolute Gasteiger partial charge is 0.175 e. The summed E-state index contributed by atoms with van der Waals surface area (Å²) in [6.07, 6.45) is 0.0922. The van der Waals surface area contributed by atoms with E-state index in [-0.39, 0.29) is 6.10 Å². The quantitative estimate of drug-likeness (QED) is 0.601. The maximum absolute atomic E-state index is 5.82. The molecule has 0 amide bonds. The van der Waals surface area contributed by atoms with E-state index in [1.165, 1.54) is 5.56 Å². The first-order valence-corrected chi connectivity index (χ1v) is 9.02. The molecule has 0 aromatic heterocycles. The topological polar surface area (TPSA) is 30.5 Å². The second-order valence-corrected chi connectivity index (χ2v) is 7.36. The molecule has 0 aliphatic heterocycles. The average Bonchev–Trinajstić information content (AvgIpc) is 2.48. The summed E-state index contributed by atoms with van der Waals surface area (Å²) in [5, 5.41) is 3.46. The van der Waals surface area contributed by atoms with E-state index < -0.39 is 0 Å². The first-order valence-electron chi connectivity index (χ1n) is 7.43. The van der Waals surface area contributed by atoms with Gasteiger partial charge in [-0.05, 0) is 78.2 Å². The van der Waals surface area contributed by atoms with E-state index >= 15 is 0 Å². The van der Waals surface area contributed by atoms with E-state index in [4.69, 9.17) is 9.47 Å². The van der Waals surface area contributed by atoms with Crippen molar-refractivity contribution in [1.82, 2.24) is 0 Å². The van der Waals surface area contributed by atoms with Gasteiger partial charge in [0, 0.05) is 16.7 Å². The van der Waals surface area contributed by atoms with Crippen molar-refractivity contribution in [1.29, 1.82) is 0 Å². The minimum absolute atomic E-state index is 0.0922. The molecule has 0 saturated heterocycles. The maximum atomic E-state index is 5.82. The number of hydrogen-bond donors (Lipinski definition) is 1. The van der Waals surface area contributed by atoms with Crippen molar-refractivity contribution >= 4 is 37.5 Å². The number of methoxy groups -OCH3 is 1. The Bertz CT molecular complexity index is 687. The number of halogens is 2. The number of ether oxygens (including phenoxy) is 2. The minimum atomic E-state index is 0.0922. The SMILES string of the molecule is COc1cc(CNc2ccc(Br)cc2C)cc(Br)c1OC(C)C. The molecule has 2 aromatic carbocycles. The highest BCUT2D eigenvalue weighted by Gasteiger charge is 2.13. The molecule has 0 heterocycles. The highest BCUT2D eigenvalue weighted by atomic mass is 79.9. The predicted octanol–water partition coefficient (Wildman–Crippen LogP) is 5.93. The fraction of sp³-hybridized carbons (Fsp3) is 0.333. The fourth-order valence-electron chi connectivity index (χ4n) is 2.25. The van der Waals surface area contributed by atoms with E-state index in [2.05, 4.69) is 62.3 Å². The van der Waals surface area contributed by atoms with Gasteiger partial charge in [-0.25, -0.2) is 0 Å². The molecule has 0 spiro atoms. The Balaban J connectivity index is 2.18. The van der Waals surface area contributed by atoms with E-state index in [1.54, 1.807) is 7.11 Å². The highest BCUT2D eigenvalue weighted by Crippen LogP contribution is 2.37. The van der Waals surface area contributed by atoms with E-state index in [1.807, 2.05) is 26.0 Å². The van der Waals surface area contributed by atoms with Crippen LogP contribution in [0.4, 0.5) is 5.69 Å². The Morgan fingerprint density at radius 3 is 2.48 bits per heavy atom. The monoisotopic (exact) mass is 441 g/mol. The lowest BCUT2D eigenvalue weighted by Gasteiger charge is -2.17. The number of aryl methyl sites for hydroxylation is 1. The van der Waals surface area contributed by atoms with Crippen molar-refractivity contribution in [3.63, 3.8) is 0 Å². The van der Waals surface area contributed by atoms with Gasteiger partial charge in [0.05, 0.1) is 17.7 Å². The van der Waals surface area contributed by atoms with Gasteiger partial charge < -0.3 is 14.8 Å². The predicted molar refractivity (Wildman–Crippen MR) is 103 cm³/mol. The maximum Gasteiger partial charge on any atom is 0.175 e. The zero-order chi connectivity index (χ0) is 17.0. The molecule has 0 bridgehead atoms. The summed E-state index contributed by atoms with van der Waals surface area (Å²) >= 11 is 7.06. The Morgan fingerprint density at radius 2 is 1.87 bits per heavy atom. The second kappa shape index (κ2) is 8.06. The molecule has 0 radical (unpaired) electrons. The second-order valence-electron chi connectivity index (χ2n) is 5.59. The Kier molecular flexibility index (Phi) is 6.36. The molecule has 0 aliphatic carbocycles. The minimum Gasteiger partial charge on any atom is -0.493 e. The summed E-state index contributed by atoms with van der Waals surface area (Å²) in [5.74, 6) is 1.48. The zero-order valence-electron chi connectivity index (χ0n) is 13.7. The molecule has 3 nitrogen and oxygen atoms in total. The van der Waals surface area contributed by atoms with Crippen LogP contribution in [0.25, 0.3) is 0 Å². The van der Waals surface area contributed by atoms with Gasteiger partial charge in [0.25, 0.3) is 0 Å². The molecule has 1 N–H and O–H groups in total. The van der Waals surface area contributed by atoms with Gasteiger partial charge in [-0.15, -0.1) is 0 Å². The van der Waals surface area contributed by atoms with Gasteiger partial charge in [0.2, 0.25) is 0 Å².